The molecule has 0 aliphatic carbocycles. The van der Waals surface area contributed by atoms with Crippen LogP contribution in [0.15, 0.2) is 18.2 Å². The van der Waals surface area contributed by atoms with Crippen LogP contribution in [-0.2, 0) is 20.7 Å². The number of hydrogen-bond donors (Lipinski definition) is 1. The minimum absolute atomic E-state index is 0.0679. The molecule has 2 rings (SSSR count). The molecular weight excluding hydrogens is 324 g/mol. The van der Waals surface area contributed by atoms with Gasteiger partial charge in [0.25, 0.3) is 0 Å². The van der Waals surface area contributed by atoms with Crippen molar-refractivity contribution in [3.8, 4) is 11.5 Å². The van der Waals surface area contributed by atoms with E-state index >= 15 is 0 Å². The van der Waals surface area contributed by atoms with Crippen molar-refractivity contribution in [2.24, 2.45) is 0 Å². The van der Waals surface area contributed by atoms with E-state index in [1.807, 2.05) is 17.0 Å². The molecule has 7 heteroatoms. The highest BCUT2D eigenvalue weighted by Gasteiger charge is 2.24. The number of likely N-dealkylation sites (tertiary alicyclic amines) is 1. The average molecular weight is 350 g/mol. The summed E-state index contributed by atoms with van der Waals surface area (Å²) in [7, 11) is 4.65. The molecule has 138 valence electrons. The first-order valence-electron chi connectivity index (χ1n) is 8.34. The molecule has 0 unspecified atom stereocenters. The number of rotatable bonds is 7. The normalized spacial score (nSPS) is 14.9. The smallest absolute Gasteiger partial charge is 0.246 e. The maximum Gasteiger partial charge on any atom is 0.246 e. The highest BCUT2D eigenvalue weighted by molar-refractivity contribution is 5.79. The molecule has 7 nitrogen and oxygen atoms in total. The summed E-state index contributed by atoms with van der Waals surface area (Å²) in [5.41, 5.74) is 0.887. The Hall–Kier alpha value is -2.28. The Balaban J connectivity index is 1.85. The first-order valence-corrected chi connectivity index (χ1v) is 8.34. The zero-order valence-electron chi connectivity index (χ0n) is 15.0. The van der Waals surface area contributed by atoms with E-state index in [2.05, 4.69) is 5.32 Å². The summed E-state index contributed by atoms with van der Waals surface area (Å²) in [6.45, 7) is 1.35. The van der Waals surface area contributed by atoms with Gasteiger partial charge in [-0.25, -0.2) is 0 Å². The molecule has 25 heavy (non-hydrogen) atoms. The van der Waals surface area contributed by atoms with Crippen molar-refractivity contribution in [1.29, 1.82) is 0 Å². The number of methoxy groups -OCH3 is 3. The molecule has 0 radical (unpaired) electrons. The van der Waals surface area contributed by atoms with E-state index in [1.54, 1.807) is 20.3 Å². The topological polar surface area (TPSA) is 77.1 Å². The maximum absolute atomic E-state index is 12.5. The summed E-state index contributed by atoms with van der Waals surface area (Å²) in [5, 5.41) is 2.92. The van der Waals surface area contributed by atoms with E-state index in [1.165, 1.54) is 7.11 Å². The number of amides is 2. The van der Waals surface area contributed by atoms with Crippen LogP contribution in [0, 0.1) is 0 Å². The van der Waals surface area contributed by atoms with Crippen molar-refractivity contribution < 1.29 is 23.8 Å². The van der Waals surface area contributed by atoms with Crippen LogP contribution in [0.3, 0.4) is 0 Å². The summed E-state index contributed by atoms with van der Waals surface area (Å²) < 4.78 is 15.3. The van der Waals surface area contributed by atoms with Crippen molar-refractivity contribution in [1.82, 2.24) is 10.2 Å². The minimum Gasteiger partial charge on any atom is -0.493 e. The lowest BCUT2D eigenvalue weighted by atomic mass is 10.0. The lowest BCUT2D eigenvalue weighted by molar-refractivity contribution is -0.131. The number of carbonyl (C=O) groups is 2. The Bertz CT molecular complexity index is 597. The zero-order chi connectivity index (χ0) is 18.2. The largest absolute Gasteiger partial charge is 0.493 e. The van der Waals surface area contributed by atoms with Crippen LogP contribution in [0.1, 0.15) is 18.4 Å². The van der Waals surface area contributed by atoms with E-state index in [9.17, 15) is 9.59 Å². The fourth-order valence-corrected chi connectivity index (χ4v) is 2.95. The highest BCUT2D eigenvalue weighted by Crippen LogP contribution is 2.28. The molecule has 1 saturated heterocycles. The van der Waals surface area contributed by atoms with Crippen molar-refractivity contribution in [3.63, 3.8) is 0 Å². The Morgan fingerprint density at radius 3 is 2.40 bits per heavy atom. The molecule has 1 aliphatic rings. The van der Waals surface area contributed by atoms with E-state index in [0.717, 1.165) is 18.4 Å². The van der Waals surface area contributed by atoms with Crippen LogP contribution in [-0.4, -0.2) is 63.8 Å². The van der Waals surface area contributed by atoms with Gasteiger partial charge in [-0.05, 0) is 30.5 Å². The van der Waals surface area contributed by atoms with Gasteiger partial charge in [-0.15, -0.1) is 0 Å². The molecule has 1 fully saturated rings. The number of nitrogens with one attached hydrogen (secondary N) is 1. The SMILES string of the molecule is COCC(=O)NC1CCN(C(=O)Cc2ccc(OC)c(OC)c2)CC1. The molecular formula is C18H26N2O5. The lowest BCUT2D eigenvalue weighted by Crippen LogP contribution is -2.47. The van der Waals surface area contributed by atoms with Crippen LogP contribution < -0.4 is 14.8 Å². The molecule has 1 heterocycles. The quantitative estimate of drug-likeness (QED) is 0.794. The van der Waals surface area contributed by atoms with Crippen LogP contribution >= 0.6 is 0 Å². The standard InChI is InChI=1S/C18H26N2O5/c1-23-12-17(21)19-14-6-8-20(9-7-14)18(22)11-13-4-5-15(24-2)16(10-13)25-3/h4-5,10,14H,6-9,11-12H2,1-3H3,(H,19,21). The van der Waals surface area contributed by atoms with E-state index in [4.69, 9.17) is 14.2 Å². The number of nitrogens with zero attached hydrogens (tertiary/aromatic N) is 1. The summed E-state index contributed by atoms with van der Waals surface area (Å²) in [6, 6.07) is 5.61. The zero-order valence-corrected chi connectivity index (χ0v) is 15.0. The Morgan fingerprint density at radius 2 is 1.80 bits per heavy atom. The van der Waals surface area contributed by atoms with Crippen molar-refractivity contribution >= 4 is 11.8 Å². The molecule has 1 aromatic carbocycles. The Kier molecular flexibility index (Phi) is 7.06. The molecule has 0 bridgehead atoms. The predicted molar refractivity (Wildman–Crippen MR) is 92.9 cm³/mol. The third-order valence-corrected chi connectivity index (χ3v) is 4.29. The maximum atomic E-state index is 12.5. The van der Waals surface area contributed by atoms with Gasteiger partial charge in [-0.1, -0.05) is 6.07 Å². The van der Waals surface area contributed by atoms with Crippen LogP contribution in [0.25, 0.3) is 0 Å². The minimum atomic E-state index is -0.113. The highest BCUT2D eigenvalue weighted by atomic mass is 16.5. The van der Waals surface area contributed by atoms with Crippen molar-refractivity contribution in [2.45, 2.75) is 25.3 Å². The summed E-state index contributed by atoms with van der Waals surface area (Å²) in [4.78, 5) is 25.9. The number of hydrogen-bond acceptors (Lipinski definition) is 5. The van der Waals surface area contributed by atoms with Gasteiger partial charge in [0.05, 0.1) is 20.6 Å². The first kappa shape index (κ1) is 19.1. The summed E-state index contributed by atoms with van der Waals surface area (Å²) in [5.74, 6) is 1.23. The first-order chi connectivity index (χ1) is 12.1. The van der Waals surface area contributed by atoms with E-state index < -0.39 is 0 Å². The van der Waals surface area contributed by atoms with Crippen molar-refractivity contribution in [3.05, 3.63) is 23.8 Å². The number of carbonyl (C=O) groups excluding carboxylic acids is 2. The van der Waals surface area contributed by atoms with E-state index in [-0.39, 0.29) is 24.5 Å². The third-order valence-electron chi connectivity index (χ3n) is 4.29. The lowest BCUT2D eigenvalue weighted by Gasteiger charge is -2.32. The van der Waals surface area contributed by atoms with Gasteiger partial charge in [0.15, 0.2) is 11.5 Å². The molecule has 0 spiro atoms. The fraction of sp³-hybridized carbons (Fsp3) is 0.556. The van der Waals surface area contributed by atoms with E-state index in [0.29, 0.717) is 31.0 Å². The molecule has 0 aromatic heterocycles. The van der Waals surface area contributed by atoms with Crippen LogP contribution in [0.5, 0.6) is 11.5 Å². The van der Waals surface area contributed by atoms with Gasteiger partial charge < -0.3 is 24.4 Å². The monoisotopic (exact) mass is 350 g/mol. The molecule has 1 aliphatic heterocycles. The van der Waals surface area contributed by atoms with Gasteiger partial charge in [0.2, 0.25) is 11.8 Å². The second kappa shape index (κ2) is 9.27. The summed E-state index contributed by atoms with van der Waals surface area (Å²) in [6.07, 6.45) is 1.83. The molecule has 0 saturated carbocycles. The third kappa shape index (κ3) is 5.35. The van der Waals surface area contributed by atoms with Gasteiger partial charge in [-0.2, -0.15) is 0 Å². The van der Waals surface area contributed by atoms with Crippen molar-refractivity contribution in [2.75, 3.05) is 41.0 Å². The van der Waals surface area contributed by atoms with Gasteiger partial charge in [-0.3, -0.25) is 9.59 Å². The molecule has 0 atom stereocenters. The fourth-order valence-electron chi connectivity index (χ4n) is 2.95. The molecule has 1 aromatic rings. The molecule has 1 N–H and O–H groups in total. The van der Waals surface area contributed by atoms with Gasteiger partial charge in [0, 0.05) is 26.2 Å². The number of piperidine rings is 1. The Labute approximate surface area is 148 Å². The second-order valence-corrected chi connectivity index (χ2v) is 6.02. The Morgan fingerprint density at radius 1 is 1.12 bits per heavy atom. The van der Waals surface area contributed by atoms with Gasteiger partial charge in [0.1, 0.15) is 6.61 Å². The number of ether oxygens (including phenoxy) is 3. The molecule has 2 amide bonds. The second-order valence-electron chi connectivity index (χ2n) is 6.02. The number of benzene rings is 1. The summed E-state index contributed by atoms with van der Waals surface area (Å²) >= 11 is 0. The average Bonchev–Trinajstić information content (AvgIpc) is 2.62. The van der Waals surface area contributed by atoms with Gasteiger partial charge >= 0.3 is 0 Å². The van der Waals surface area contributed by atoms with Crippen LogP contribution in [0.4, 0.5) is 0 Å². The predicted octanol–water partition coefficient (Wildman–Crippen LogP) is 1.000. The van der Waals surface area contributed by atoms with Crippen LogP contribution in [0.2, 0.25) is 0 Å².